The van der Waals surface area contributed by atoms with Crippen LogP contribution in [0.3, 0.4) is 0 Å². The van der Waals surface area contributed by atoms with Gasteiger partial charge in [0.15, 0.2) is 0 Å². The van der Waals surface area contributed by atoms with E-state index in [0.717, 1.165) is 5.69 Å². The first-order valence-corrected chi connectivity index (χ1v) is 5.39. The number of aromatic nitrogens is 2. The summed E-state index contributed by atoms with van der Waals surface area (Å²) in [5.41, 5.74) is 6.85. The Morgan fingerprint density at radius 2 is 2.38 bits per heavy atom. The lowest BCUT2D eigenvalue weighted by Crippen LogP contribution is -2.35. The van der Waals surface area contributed by atoms with Crippen LogP contribution >= 0.6 is 12.2 Å². The number of rotatable bonds is 4. The summed E-state index contributed by atoms with van der Waals surface area (Å²) < 4.78 is 0. The third-order valence-corrected chi connectivity index (χ3v) is 2.84. The Hall–Kier alpha value is -1.43. The van der Waals surface area contributed by atoms with E-state index >= 15 is 0 Å². The van der Waals surface area contributed by atoms with Crippen LogP contribution < -0.4 is 5.73 Å². The Balaban J connectivity index is 2.69. The molecule has 88 valence electrons. The van der Waals surface area contributed by atoms with Crippen molar-refractivity contribution in [1.82, 2.24) is 15.1 Å². The number of hydrogen-bond donors (Lipinski definition) is 2. The molecule has 1 aromatic heterocycles. The lowest BCUT2D eigenvalue weighted by atomic mass is 10.1. The van der Waals surface area contributed by atoms with Gasteiger partial charge in [-0.1, -0.05) is 19.1 Å². The number of nitrogens with zero attached hydrogens (tertiary/aromatic N) is 2. The van der Waals surface area contributed by atoms with Gasteiger partial charge in [0.25, 0.3) is 5.91 Å². The summed E-state index contributed by atoms with van der Waals surface area (Å²) >= 11 is 4.87. The van der Waals surface area contributed by atoms with Crippen LogP contribution in [0.1, 0.15) is 23.0 Å². The topological polar surface area (TPSA) is 75.0 Å². The molecule has 3 N–H and O–H groups in total. The fraction of sp³-hybridized carbons (Fsp3) is 0.500. The fourth-order valence-electron chi connectivity index (χ4n) is 1.36. The maximum absolute atomic E-state index is 12.0. The molecule has 0 aliphatic carbocycles. The van der Waals surface area contributed by atoms with Crippen LogP contribution in [-0.4, -0.2) is 39.6 Å². The molecule has 0 aromatic carbocycles. The first-order valence-electron chi connectivity index (χ1n) is 4.98. The zero-order valence-corrected chi connectivity index (χ0v) is 10.5. The molecule has 1 unspecified atom stereocenters. The van der Waals surface area contributed by atoms with Crippen molar-refractivity contribution >= 4 is 23.1 Å². The summed E-state index contributed by atoms with van der Waals surface area (Å²) in [6.45, 7) is 4.22. The highest BCUT2D eigenvalue weighted by Crippen LogP contribution is 2.08. The van der Waals surface area contributed by atoms with Gasteiger partial charge in [-0.05, 0) is 6.92 Å². The van der Waals surface area contributed by atoms with Crippen molar-refractivity contribution in [2.24, 2.45) is 11.7 Å². The number of carbonyl (C=O) groups excluding carboxylic acids is 1. The van der Waals surface area contributed by atoms with Crippen molar-refractivity contribution in [3.63, 3.8) is 0 Å². The van der Waals surface area contributed by atoms with Gasteiger partial charge in [-0.25, -0.2) is 0 Å². The van der Waals surface area contributed by atoms with Crippen molar-refractivity contribution in [2.45, 2.75) is 13.8 Å². The average Bonchev–Trinajstić information content (AvgIpc) is 2.62. The van der Waals surface area contributed by atoms with Crippen molar-refractivity contribution in [3.05, 3.63) is 17.5 Å². The zero-order valence-electron chi connectivity index (χ0n) is 9.65. The van der Waals surface area contributed by atoms with E-state index in [1.54, 1.807) is 11.9 Å². The van der Waals surface area contributed by atoms with Crippen LogP contribution in [0.15, 0.2) is 6.20 Å². The molecular weight excluding hydrogens is 224 g/mol. The summed E-state index contributed by atoms with van der Waals surface area (Å²) in [5.74, 6) is -0.0643. The van der Waals surface area contributed by atoms with E-state index in [4.69, 9.17) is 18.0 Å². The molecule has 5 nitrogen and oxygen atoms in total. The SMILES string of the molecule is Cc1[nH]ncc1C(=O)N(C)CC(C)C(N)=S. The Labute approximate surface area is 100 Å². The first kappa shape index (κ1) is 12.6. The van der Waals surface area contributed by atoms with Gasteiger partial charge in [0, 0.05) is 25.2 Å². The first-order chi connectivity index (χ1) is 7.43. The summed E-state index contributed by atoms with van der Waals surface area (Å²) in [7, 11) is 1.73. The minimum absolute atomic E-state index is 0.0103. The molecule has 0 fully saturated rings. The van der Waals surface area contributed by atoms with Crippen molar-refractivity contribution < 1.29 is 4.79 Å². The van der Waals surface area contributed by atoms with Gasteiger partial charge in [-0.2, -0.15) is 5.10 Å². The van der Waals surface area contributed by atoms with Gasteiger partial charge in [0.05, 0.1) is 16.7 Å². The van der Waals surface area contributed by atoms with Gasteiger partial charge < -0.3 is 10.6 Å². The molecule has 0 saturated carbocycles. The second-order valence-corrected chi connectivity index (χ2v) is 4.37. The number of nitrogens with one attached hydrogen (secondary N) is 1. The maximum Gasteiger partial charge on any atom is 0.257 e. The molecule has 1 rings (SSSR count). The Morgan fingerprint density at radius 1 is 1.75 bits per heavy atom. The summed E-state index contributed by atoms with van der Waals surface area (Å²) in [6.07, 6.45) is 1.53. The number of hydrogen-bond acceptors (Lipinski definition) is 3. The van der Waals surface area contributed by atoms with Crippen LogP contribution in [0, 0.1) is 12.8 Å². The van der Waals surface area contributed by atoms with E-state index in [1.165, 1.54) is 6.20 Å². The number of carbonyl (C=O) groups is 1. The smallest absolute Gasteiger partial charge is 0.257 e. The monoisotopic (exact) mass is 240 g/mol. The minimum Gasteiger partial charge on any atom is -0.393 e. The van der Waals surface area contributed by atoms with Crippen LogP contribution in [0.2, 0.25) is 0 Å². The van der Waals surface area contributed by atoms with Gasteiger partial charge in [0.2, 0.25) is 0 Å². The molecule has 0 saturated heterocycles. The van der Waals surface area contributed by atoms with E-state index < -0.39 is 0 Å². The molecule has 0 spiro atoms. The van der Waals surface area contributed by atoms with Crippen molar-refractivity contribution in [1.29, 1.82) is 0 Å². The minimum atomic E-state index is -0.0747. The quantitative estimate of drug-likeness (QED) is 0.760. The summed E-state index contributed by atoms with van der Waals surface area (Å²) in [5, 5.41) is 6.55. The molecule has 1 aromatic rings. The molecule has 1 heterocycles. The van der Waals surface area contributed by atoms with Crippen LogP contribution in [0.5, 0.6) is 0 Å². The van der Waals surface area contributed by atoms with Gasteiger partial charge in [0.1, 0.15) is 0 Å². The van der Waals surface area contributed by atoms with Gasteiger partial charge >= 0.3 is 0 Å². The Bertz CT molecular complexity index is 401. The standard InChI is InChI=1S/C10H16N4OS/c1-6(9(11)16)5-14(3)10(15)8-4-12-13-7(8)2/h4,6H,5H2,1-3H3,(H2,11,16)(H,12,13). The highest BCUT2D eigenvalue weighted by molar-refractivity contribution is 7.80. The Morgan fingerprint density at radius 3 is 2.81 bits per heavy atom. The predicted molar refractivity (Wildman–Crippen MR) is 66.2 cm³/mol. The number of amides is 1. The largest absolute Gasteiger partial charge is 0.393 e. The number of nitrogens with two attached hydrogens (primary N) is 1. The van der Waals surface area contributed by atoms with E-state index in [2.05, 4.69) is 10.2 Å². The van der Waals surface area contributed by atoms with E-state index in [1.807, 2.05) is 13.8 Å². The fourth-order valence-corrected chi connectivity index (χ4v) is 1.43. The lowest BCUT2D eigenvalue weighted by molar-refractivity contribution is 0.0786. The summed E-state index contributed by atoms with van der Waals surface area (Å²) in [4.78, 5) is 14.0. The third kappa shape index (κ3) is 2.79. The second kappa shape index (κ2) is 5.07. The van der Waals surface area contributed by atoms with Gasteiger partial charge in [-0.15, -0.1) is 0 Å². The lowest BCUT2D eigenvalue weighted by Gasteiger charge is -2.20. The third-order valence-electron chi connectivity index (χ3n) is 2.44. The number of aromatic amines is 1. The second-order valence-electron chi connectivity index (χ2n) is 3.90. The molecule has 0 bridgehead atoms. The molecule has 0 aliphatic rings. The van der Waals surface area contributed by atoms with Crippen LogP contribution in [0.25, 0.3) is 0 Å². The maximum atomic E-state index is 12.0. The van der Waals surface area contributed by atoms with Crippen LogP contribution in [0.4, 0.5) is 0 Å². The summed E-state index contributed by atoms with van der Waals surface area (Å²) in [6, 6.07) is 0. The van der Waals surface area contributed by atoms with E-state index in [9.17, 15) is 4.79 Å². The molecule has 1 amide bonds. The van der Waals surface area contributed by atoms with Crippen molar-refractivity contribution in [3.8, 4) is 0 Å². The number of thiocarbonyl (C=S) groups is 1. The number of H-pyrrole nitrogens is 1. The van der Waals surface area contributed by atoms with Crippen LogP contribution in [-0.2, 0) is 0 Å². The van der Waals surface area contributed by atoms with Gasteiger partial charge in [-0.3, -0.25) is 9.89 Å². The average molecular weight is 240 g/mol. The normalized spacial score (nSPS) is 12.2. The molecule has 0 radical (unpaired) electrons. The van der Waals surface area contributed by atoms with E-state index in [-0.39, 0.29) is 11.8 Å². The highest BCUT2D eigenvalue weighted by Gasteiger charge is 2.18. The molecule has 16 heavy (non-hydrogen) atoms. The molecule has 6 heteroatoms. The highest BCUT2D eigenvalue weighted by atomic mass is 32.1. The Kier molecular flexibility index (Phi) is 4.00. The van der Waals surface area contributed by atoms with E-state index in [0.29, 0.717) is 17.1 Å². The molecular formula is C10H16N4OS. The molecule has 1 atom stereocenters. The predicted octanol–water partition coefficient (Wildman–Crippen LogP) is 0.712. The molecule has 0 aliphatic heterocycles. The zero-order chi connectivity index (χ0) is 12.3. The number of aryl methyl sites for hydroxylation is 1. The van der Waals surface area contributed by atoms with Crippen molar-refractivity contribution in [2.75, 3.05) is 13.6 Å².